The fourth-order valence-corrected chi connectivity index (χ4v) is 4.33. The summed E-state index contributed by atoms with van der Waals surface area (Å²) < 4.78 is 5.20. The van der Waals surface area contributed by atoms with Gasteiger partial charge in [-0.25, -0.2) is 0 Å². The third-order valence-corrected chi connectivity index (χ3v) is 5.92. The molecule has 1 saturated heterocycles. The average Bonchev–Trinajstić information content (AvgIpc) is 3.33. The van der Waals surface area contributed by atoms with Crippen LogP contribution in [0, 0.1) is 0 Å². The number of nitrogens with one attached hydrogen (secondary N) is 2. The SMILES string of the molecule is CN=C(NCCc1ccc(OC)cc1Cl)NC1CCN(C2CCCC2)C1. The molecule has 0 amide bonds. The molecule has 1 aromatic carbocycles. The topological polar surface area (TPSA) is 48.9 Å². The highest BCUT2D eigenvalue weighted by Crippen LogP contribution is 2.26. The van der Waals surface area contributed by atoms with Crippen molar-refractivity contribution in [3.05, 3.63) is 28.8 Å². The lowest BCUT2D eigenvalue weighted by atomic mass is 10.1. The number of guanidine groups is 1. The molecule has 0 spiro atoms. The predicted molar refractivity (Wildman–Crippen MR) is 108 cm³/mol. The van der Waals surface area contributed by atoms with Crippen molar-refractivity contribution in [2.45, 2.75) is 50.6 Å². The Balaban J connectivity index is 1.42. The Morgan fingerprint density at radius 3 is 2.81 bits per heavy atom. The first-order chi connectivity index (χ1) is 12.7. The van der Waals surface area contributed by atoms with Gasteiger partial charge in [0.25, 0.3) is 0 Å². The van der Waals surface area contributed by atoms with Gasteiger partial charge in [-0.1, -0.05) is 30.5 Å². The van der Waals surface area contributed by atoms with E-state index < -0.39 is 0 Å². The number of hydrogen-bond acceptors (Lipinski definition) is 3. The Kier molecular flexibility index (Phi) is 7.03. The average molecular weight is 379 g/mol. The fourth-order valence-electron chi connectivity index (χ4n) is 4.07. The van der Waals surface area contributed by atoms with E-state index in [4.69, 9.17) is 16.3 Å². The van der Waals surface area contributed by atoms with Crippen molar-refractivity contribution in [2.24, 2.45) is 4.99 Å². The van der Waals surface area contributed by atoms with E-state index in [0.29, 0.717) is 6.04 Å². The highest BCUT2D eigenvalue weighted by molar-refractivity contribution is 6.31. The van der Waals surface area contributed by atoms with Gasteiger partial charge in [-0.2, -0.15) is 0 Å². The van der Waals surface area contributed by atoms with Crippen LogP contribution < -0.4 is 15.4 Å². The van der Waals surface area contributed by atoms with Crippen LogP contribution in [0.3, 0.4) is 0 Å². The van der Waals surface area contributed by atoms with E-state index in [9.17, 15) is 0 Å². The number of hydrogen-bond donors (Lipinski definition) is 2. The number of benzene rings is 1. The zero-order chi connectivity index (χ0) is 18.4. The smallest absolute Gasteiger partial charge is 0.191 e. The van der Waals surface area contributed by atoms with Crippen molar-refractivity contribution in [3.8, 4) is 5.75 Å². The Morgan fingerprint density at radius 1 is 1.31 bits per heavy atom. The molecule has 1 heterocycles. The van der Waals surface area contributed by atoms with Crippen molar-refractivity contribution in [2.75, 3.05) is 33.8 Å². The summed E-state index contributed by atoms with van der Waals surface area (Å²) in [7, 11) is 3.48. The first-order valence-corrected chi connectivity index (χ1v) is 10.1. The van der Waals surface area contributed by atoms with Gasteiger partial charge in [0.2, 0.25) is 0 Å². The molecular weight excluding hydrogens is 348 g/mol. The maximum atomic E-state index is 6.31. The summed E-state index contributed by atoms with van der Waals surface area (Å²) in [5.74, 6) is 1.67. The Labute approximate surface area is 162 Å². The lowest BCUT2D eigenvalue weighted by Gasteiger charge is -2.24. The molecule has 2 fully saturated rings. The van der Waals surface area contributed by atoms with Gasteiger partial charge in [0.15, 0.2) is 5.96 Å². The van der Waals surface area contributed by atoms with Gasteiger partial charge < -0.3 is 15.4 Å². The number of nitrogens with zero attached hydrogens (tertiary/aromatic N) is 2. The summed E-state index contributed by atoms with van der Waals surface area (Å²) in [4.78, 5) is 7.04. The van der Waals surface area contributed by atoms with Gasteiger partial charge in [-0.3, -0.25) is 9.89 Å². The molecule has 1 atom stereocenters. The van der Waals surface area contributed by atoms with E-state index in [2.05, 4.69) is 20.5 Å². The fraction of sp³-hybridized carbons (Fsp3) is 0.650. The van der Waals surface area contributed by atoms with E-state index in [1.807, 2.05) is 25.2 Å². The van der Waals surface area contributed by atoms with E-state index in [0.717, 1.165) is 47.8 Å². The number of ether oxygens (including phenoxy) is 1. The minimum absolute atomic E-state index is 0.492. The van der Waals surface area contributed by atoms with Gasteiger partial charge in [0.05, 0.1) is 7.11 Å². The third-order valence-electron chi connectivity index (χ3n) is 5.57. The van der Waals surface area contributed by atoms with Crippen LogP contribution in [0.25, 0.3) is 0 Å². The van der Waals surface area contributed by atoms with Crippen molar-refractivity contribution < 1.29 is 4.74 Å². The van der Waals surface area contributed by atoms with E-state index in [-0.39, 0.29) is 0 Å². The molecule has 6 heteroatoms. The van der Waals surface area contributed by atoms with E-state index in [1.165, 1.54) is 38.6 Å². The molecule has 5 nitrogen and oxygen atoms in total. The summed E-state index contributed by atoms with van der Waals surface area (Å²) in [6.45, 7) is 3.14. The van der Waals surface area contributed by atoms with Gasteiger partial charge in [0, 0.05) is 43.8 Å². The standard InChI is InChI=1S/C20H31ClN4O/c1-22-20(23-11-9-15-7-8-18(26-2)13-19(15)21)24-16-10-12-25(14-16)17-5-3-4-6-17/h7-8,13,16-17H,3-6,9-12,14H2,1-2H3,(H2,22,23,24). The van der Waals surface area contributed by atoms with Crippen LogP contribution in [-0.4, -0.2) is 56.7 Å². The maximum Gasteiger partial charge on any atom is 0.191 e. The molecule has 3 rings (SSSR count). The zero-order valence-electron chi connectivity index (χ0n) is 15.9. The van der Waals surface area contributed by atoms with Gasteiger partial charge >= 0.3 is 0 Å². The Bertz CT molecular complexity index is 616. The molecule has 1 unspecified atom stereocenters. The monoisotopic (exact) mass is 378 g/mol. The molecule has 1 aromatic rings. The van der Waals surface area contributed by atoms with Crippen LogP contribution in [0.2, 0.25) is 5.02 Å². The molecule has 0 aromatic heterocycles. The Morgan fingerprint density at radius 2 is 2.12 bits per heavy atom. The summed E-state index contributed by atoms with van der Waals surface area (Å²) in [5.41, 5.74) is 1.11. The summed E-state index contributed by atoms with van der Waals surface area (Å²) >= 11 is 6.31. The highest BCUT2D eigenvalue weighted by Gasteiger charge is 2.30. The minimum Gasteiger partial charge on any atom is -0.497 e. The normalized spacial score (nSPS) is 22.0. The van der Waals surface area contributed by atoms with Crippen molar-refractivity contribution in [1.29, 1.82) is 0 Å². The number of rotatable bonds is 6. The van der Waals surface area contributed by atoms with Crippen LogP contribution >= 0.6 is 11.6 Å². The second-order valence-electron chi connectivity index (χ2n) is 7.27. The number of aliphatic imine (C=N–C) groups is 1. The molecule has 144 valence electrons. The zero-order valence-corrected chi connectivity index (χ0v) is 16.7. The molecular formula is C20H31ClN4O. The van der Waals surface area contributed by atoms with Crippen molar-refractivity contribution in [1.82, 2.24) is 15.5 Å². The summed E-state index contributed by atoms with van der Waals surface area (Å²) in [5, 5.41) is 7.75. The summed E-state index contributed by atoms with van der Waals surface area (Å²) in [6.07, 6.45) is 7.60. The maximum absolute atomic E-state index is 6.31. The molecule has 2 aliphatic rings. The third kappa shape index (κ3) is 5.04. The minimum atomic E-state index is 0.492. The number of likely N-dealkylation sites (tertiary alicyclic amines) is 1. The molecule has 1 saturated carbocycles. The lowest BCUT2D eigenvalue weighted by Crippen LogP contribution is -2.45. The second-order valence-corrected chi connectivity index (χ2v) is 7.68. The molecule has 1 aliphatic heterocycles. The van der Waals surface area contributed by atoms with Crippen molar-refractivity contribution in [3.63, 3.8) is 0 Å². The molecule has 1 aliphatic carbocycles. The second kappa shape index (κ2) is 9.47. The quantitative estimate of drug-likeness (QED) is 0.590. The van der Waals surface area contributed by atoms with Crippen molar-refractivity contribution >= 4 is 17.6 Å². The molecule has 0 bridgehead atoms. The highest BCUT2D eigenvalue weighted by atomic mass is 35.5. The first kappa shape index (κ1) is 19.3. The van der Waals surface area contributed by atoms with Crippen LogP contribution in [0.5, 0.6) is 5.75 Å². The van der Waals surface area contributed by atoms with E-state index in [1.54, 1.807) is 7.11 Å². The van der Waals surface area contributed by atoms with Gasteiger partial charge in [-0.05, 0) is 43.4 Å². The molecule has 0 radical (unpaired) electrons. The Hall–Kier alpha value is -1.46. The summed E-state index contributed by atoms with van der Waals surface area (Å²) in [6, 6.07) is 7.14. The van der Waals surface area contributed by atoms with Crippen LogP contribution in [0.1, 0.15) is 37.7 Å². The van der Waals surface area contributed by atoms with Crippen LogP contribution in [-0.2, 0) is 6.42 Å². The number of halogens is 1. The molecule has 26 heavy (non-hydrogen) atoms. The van der Waals surface area contributed by atoms with Gasteiger partial charge in [-0.15, -0.1) is 0 Å². The predicted octanol–water partition coefficient (Wildman–Crippen LogP) is 3.07. The van der Waals surface area contributed by atoms with E-state index >= 15 is 0 Å². The first-order valence-electron chi connectivity index (χ1n) is 9.73. The number of methoxy groups -OCH3 is 1. The largest absolute Gasteiger partial charge is 0.497 e. The van der Waals surface area contributed by atoms with Crippen LogP contribution in [0.4, 0.5) is 0 Å². The van der Waals surface area contributed by atoms with Gasteiger partial charge in [0.1, 0.15) is 5.75 Å². The van der Waals surface area contributed by atoms with Crippen LogP contribution in [0.15, 0.2) is 23.2 Å². The lowest BCUT2D eigenvalue weighted by molar-refractivity contribution is 0.242. The molecule has 2 N–H and O–H groups in total.